The van der Waals surface area contributed by atoms with Crippen LogP contribution in [-0.4, -0.2) is 29.9 Å². The molecule has 2 amide bonds. The van der Waals surface area contributed by atoms with Gasteiger partial charge in [0.25, 0.3) is 0 Å². The summed E-state index contributed by atoms with van der Waals surface area (Å²) in [7, 11) is -4.71. The van der Waals surface area contributed by atoms with Crippen LogP contribution in [0.25, 0.3) is 0 Å². The standard InChI is InChI=1S/C14H19F5N2O2Si/c1-9(2)24(23,10(3)4)14(16,17)21(19)13(22)20(18)12-8-6-5-7-11(12)15/h5-10,23H,1-4H3. The van der Waals surface area contributed by atoms with Gasteiger partial charge in [-0.1, -0.05) is 53.9 Å². The van der Waals surface area contributed by atoms with Crippen molar-refractivity contribution in [3.05, 3.63) is 30.1 Å². The highest BCUT2D eigenvalue weighted by Gasteiger charge is 2.66. The van der Waals surface area contributed by atoms with Crippen LogP contribution in [0.5, 0.6) is 0 Å². The molecule has 0 unspecified atom stereocenters. The van der Waals surface area contributed by atoms with Crippen molar-refractivity contribution in [3.8, 4) is 0 Å². The Morgan fingerprint density at radius 2 is 1.58 bits per heavy atom. The van der Waals surface area contributed by atoms with Crippen molar-refractivity contribution >= 4 is 20.0 Å². The molecule has 0 aromatic heterocycles. The fraction of sp³-hybridized carbons (Fsp3) is 0.500. The molecule has 0 fully saturated rings. The molecule has 0 spiro atoms. The van der Waals surface area contributed by atoms with E-state index in [2.05, 4.69) is 0 Å². The molecule has 0 atom stereocenters. The average Bonchev–Trinajstić information content (AvgIpc) is 2.51. The number of halogens is 5. The second-order valence-corrected chi connectivity index (χ2v) is 10.5. The molecule has 136 valence electrons. The highest BCUT2D eigenvalue weighted by molar-refractivity contribution is 6.77. The summed E-state index contributed by atoms with van der Waals surface area (Å²) in [5, 5.41) is -2.70. The Bertz CT molecular complexity index is 592. The molecule has 0 heterocycles. The molecule has 1 N–H and O–H groups in total. The van der Waals surface area contributed by atoms with Crippen molar-refractivity contribution in [1.82, 2.24) is 5.12 Å². The van der Waals surface area contributed by atoms with Crippen LogP contribution in [0.2, 0.25) is 11.1 Å². The first-order chi connectivity index (χ1) is 10.9. The monoisotopic (exact) mass is 370 g/mol. The third kappa shape index (κ3) is 3.25. The Morgan fingerprint density at radius 1 is 1.12 bits per heavy atom. The topological polar surface area (TPSA) is 43.8 Å². The SMILES string of the molecule is CC(C)[Si](O)(C(C)C)C(F)(F)N(F)C(=O)N(F)c1ccccc1F. The lowest BCUT2D eigenvalue weighted by Gasteiger charge is -2.40. The van der Waals surface area contributed by atoms with Gasteiger partial charge in [0, 0.05) is 0 Å². The molecule has 0 radical (unpaired) electrons. The minimum absolute atomic E-state index is 0.781. The van der Waals surface area contributed by atoms with E-state index in [4.69, 9.17) is 0 Å². The van der Waals surface area contributed by atoms with E-state index in [-0.39, 0.29) is 0 Å². The van der Waals surface area contributed by atoms with Gasteiger partial charge < -0.3 is 4.80 Å². The summed E-state index contributed by atoms with van der Waals surface area (Å²) in [4.78, 5) is 22.1. The van der Waals surface area contributed by atoms with Crippen molar-refractivity contribution in [2.45, 2.75) is 44.4 Å². The molecule has 0 aliphatic heterocycles. The summed E-state index contributed by atoms with van der Waals surface area (Å²) in [6, 6.07) is 1.48. The molecule has 0 aliphatic carbocycles. The summed E-state index contributed by atoms with van der Waals surface area (Å²) >= 11 is 0. The number of urea groups is 1. The van der Waals surface area contributed by atoms with Crippen LogP contribution in [0.15, 0.2) is 24.3 Å². The van der Waals surface area contributed by atoms with E-state index in [0.717, 1.165) is 18.2 Å². The minimum atomic E-state index is -4.71. The molecule has 0 aliphatic rings. The number of amides is 2. The minimum Gasteiger partial charge on any atom is -0.425 e. The number of carbonyl (C=O) groups excluding carboxylic acids is 1. The van der Waals surface area contributed by atoms with Crippen molar-refractivity contribution in [2.75, 3.05) is 5.12 Å². The lowest BCUT2D eigenvalue weighted by molar-refractivity contribution is -0.159. The van der Waals surface area contributed by atoms with Crippen LogP contribution in [0, 0.1) is 5.82 Å². The summed E-state index contributed by atoms with van der Waals surface area (Å²) in [6.45, 7) is 5.07. The summed E-state index contributed by atoms with van der Waals surface area (Å²) < 4.78 is 70.3. The van der Waals surface area contributed by atoms with Gasteiger partial charge in [0.2, 0.25) is 0 Å². The van der Waals surface area contributed by atoms with Crippen molar-refractivity contribution in [1.29, 1.82) is 0 Å². The second kappa shape index (κ2) is 7.05. The predicted octanol–water partition coefficient (Wildman–Crippen LogP) is 4.71. The zero-order chi connectivity index (χ0) is 18.9. The predicted molar refractivity (Wildman–Crippen MR) is 81.4 cm³/mol. The van der Waals surface area contributed by atoms with Crippen molar-refractivity contribution in [3.63, 3.8) is 0 Å². The molecular formula is C14H19F5N2O2Si. The van der Waals surface area contributed by atoms with Crippen LogP contribution < -0.4 is 5.12 Å². The molecule has 4 nitrogen and oxygen atoms in total. The van der Waals surface area contributed by atoms with E-state index in [1.807, 2.05) is 0 Å². The molecular weight excluding hydrogens is 351 g/mol. The molecule has 10 heteroatoms. The van der Waals surface area contributed by atoms with E-state index in [1.165, 1.54) is 33.8 Å². The Labute approximate surface area is 137 Å². The van der Waals surface area contributed by atoms with Gasteiger partial charge in [-0.2, -0.15) is 8.78 Å². The number of benzene rings is 1. The van der Waals surface area contributed by atoms with Crippen LogP contribution in [-0.2, 0) is 0 Å². The first-order valence-corrected chi connectivity index (χ1v) is 9.29. The number of alkyl halides is 2. The van der Waals surface area contributed by atoms with Gasteiger partial charge in [0.05, 0.1) is 0 Å². The van der Waals surface area contributed by atoms with E-state index >= 15 is 0 Å². The maximum Gasteiger partial charge on any atom is 0.386 e. The molecule has 1 rings (SSSR count). The molecule has 1 aromatic rings. The molecule has 0 saturated carbocycles. The zero-order valence-corrected chi connectivity index (χ0v) is 14.6. The maximum atomic E-state index is 14.4. The number of rotatable bonds is 5. The molecule has 0 bridgehead atoms. The van der Waals surface area contributed by atoms with Gasteiger partial charge in [-0.25, -0.2) is 9.18 Å². The molecule has 1 aromatic carbocycles. The molecule has 24 heavy (non-hydrogen) atoms. The Balaban J connectivity index is 3.21. The van der Waals surface area contributed by atoms with E-state index in [9.17, 15) is 31.7 Å². The van der Waals surface area contributed by atoms with Crippen molar-refractivity contribution in [2.24, 2.45) is 0 Å². The van der Waals surface area contributed by atoms with E-state index in [1.54, 1.807) is 0 Å². The number of para-hydroxylation sites is 1. The summed E-state index contributed by atoms with van der Waals surface area (Å²) in [5.74, 6) is -1.23. The number of carbonyl (C=O) groups is 1. The number of hydrogen-bond acceptors (Lipinski definition) is 2. The Morgan fingerprint density at radius 3 is 2.00 bits per heavy atom. The summed E-state index contributed by atoms with van der Waals surface area (Å²) in [5.41, 5.74) is -7.68. The van der Waals surface area contributed by atoms with Crippen LogP contribution in [0.4, 0.5) is 32.6 Å². The van der Waals surface area contributed by atoms with Crippen molar-refractivity contribution < 1.29 is 31.7 Å². The van der Waals surface area contributed by atoms with Gasteiger partial charge in [-0.3, -0.25) is 0 Å². The Kier molecular flexibility index (Phi) is 5.99. The average molecular weight is 370 g/mol. The smallest absolute Gasteiger partial charge is 0.386 e. The fourth-order valence-electron chi connectivity index (χ4n) is 2.43. The van der Waals surface area contributed by atoms with Crippen LogP contribution in [0.3, 0.4) is 0 Å². The van der Waals surface area contributed by atoms with Gasteiger partial charge in [0.15, 0.2) is 0 Å². The first kappa shape index (κ1) is 20.4. The lowest BCUT2D eigenvalue weighted by atomic mass is 10.3. The van der Waals surface area contributed by atoms with Gasteiger partial charge in [-0.15, -0.1) is 5.12 Å². The van der Waals surface area contributed by atoms with Crippen LogP contribution >= 0.6 is 0 Å². The first-order valence-electron chi connectivity index (χ1n) is 7.19. The van der Waals surface area contributed by atoms with Crippen LogP contribution in [0.1, 0.15) is 27.7 Å². The summed E-state index contributed by atoms with van der Waals surface area (Å²) in [6.07, 6.45) is 0. The molecule has 0 saturated heterocycles. The Hall–Kier alpha value is -1.68. The zero-order valence-electron chi connectivity index (χ0n) is 13.6. The largest absolute Gasteiger partial charge is 0.425 e. The maximum absolute atomic E-state index is 14.4. The highest BCUT2D eigenvalue weighted by Crippen LogP contribution is 2.44. The lowest BCUT2D eigenvalue weighted by Crippen LogP contribution is -2.66. The van der Waals surface area contributed by atoms with E-state index in [0.29, 0.717) is 0 Å². The normalized spacial score (nSPS) is 12.7. The van der Waals surface area contributed by atoms with Gasteiger partial charge in [0.1, 0.15) is 11.5 Å². The third-order valence-electron chi connectivity index (χ3n) is 3.89. The van der Waals surface area contributed by atoms with Gasteiger partial charge in [-0.05, 0) is 23.2 Å². The van der Waals surface area contributed by atoms with E-state index < -0.39 is 52.8 Å². The number of hydrogen-bond donors (Lipinski definition) is 1. The number of anilines is 1. The number of nitrogens with zero attached hydrogens (tertiary/aromatic N) is 2. The quantitative estimate of drug-likeness (QED) is 0.353. The second-order valence-electron chi connectivity index (χ2n) is 5.97. The highest BCUT2D eigenvalue weighted by atomic mass is 28.4. The fourth-order valence-corrected chi connectivity index (χ4v) is 5.56. The third-order valence-corrected chi connectivity index (χ3v) is 8.57. The van der Waals surface area contributed by atoms with Gasteiger partial charge >= 0.3 is 20.0 Å².